The number of hydrogen-bond acceptors (Lipinski definition) is 5. The van der Waals surface area contributed by atoms with Gasteiger partial charge in [-0.15, -0.1) is 21.5 Å². The van der Waals surface area contributed by atoms with Crippen molar-refractivity contribution in [1.29, 1.82) is 0 Å². The molecule has 0 unspecified atom stereocenters. The van der Waals surface area contributed by atoms with E-state index in [0.717, 1.165) is 28.7 Å². The van der Waals surface area contributed by atoms with Crippen LogP contribution in [0.2, 0.25) is 0 Å². The van der Waals surface area contributed by atoms with Crippen LogP contribution in [-0.4, -0.2) is 44.4 Å². The Kier molecular flexibility index (Phi) is 6.67. The molecule has 0 spiro atoms. The molecule has 2 heterocycles. The van der Waals surface area contributed by atoms with Crippen LogP contribution in [0.1, 0.15) is 37.7 Å². The lowest BCUT2D eigenvalue weighted by Gasteiger charge is -2.31. The van der Waals surface area contributed by atoms with Crippen molar-refractivity contribution in [3.63, 3.8) is 0 Å². The summed E-state index contributed by atoms with van der Waals surface area (Å²) in [6, 6.07) is 14.8. The summed E-state index contributed by atoms with van der Waals surface area (Å²) >= 11 is 3.14. The van der Waals surface area contributed by atoms with Gasteiger partial charge >= 0.3 is 0 Å². The van der Waals surface area contributed by atoms with Crippen molar-refractivity contribution in [1.82, 2.24) is 19.7 Å². The average Bonchev–Trinajstić information content (AvgIpc) is 3.43. The van der Waals surface area contributed by atoms with Gasteiger partial charge in [-0.1, -0.05) is 67.4 Å². The van der Waals surface area contributed by atoms with E-state index in [0.29, 0.717) is 18.3 Å². The van der Waals surface area contributed by atoms with Gasteiger partial charge in [-0.3, -0.25) is 9.36 Å². The van der Waals surface area contributed by atoms with Crippen LogP contribution < -0.4 is 0 Å². The summed E-state index contributed by atoms with van der Waals surface area (Å²) in [6.07, 6.45) is 6.00. The highest BCUT2D eigenvalue weighted by molar-refractivity contribution is 7.99. The van der Waals surface area contributed by atoms with Gasteiger partial charge in [0.1, 0.15) is 0 Å². The van der Waals surface area contributed by atoms with Crippen molar-refractivity contribution in [3.05, 3.63) is 53.4 Å². The Labute approximate surface area is 180 Å². The standard InChI is InChI=1S/C22H26N4OS2/c1-25(18-11-6-3-7-12-18)20(27)16-29-22-24-23-21(19-13-8-14-28-19)26(22)15-17-9-4-2-5-10-17/h2,4-5,8-10,13-14,18H,3,6-7,11-12,15-16H2,1H3. The van der Waals surface area contributed by atoms with Crippen molar-refractivity contribution in [3.8, 4) is 10.7 Å². The molecule has 2 aromatic heterocycles. The Balaban J connectivity index is 1.50. The molecular formula is C22H26N4OS2. The molecule has 0 aliphatic heterocycles. The fourth-order valence-corrected chi connectivity index (χ4v) is 5.37. The quantitative estimate of drug-likeness (QED) is 0.502. The molecule has 7 heteroatoms. The van der Waals surface area contributed by atoms with Crippen molar-refractivity contribution >= 4 is 29.0 Å². The number of benzene rings is 1. The summed E-state index contributed by atoms with van der Waals surface area (Å²) in [4.78, 5) is 15.8. The molecule has 152 valence electrons. The number of carbonyl (C=O) groups is 1. The lowest BCUT2D eigenvalue weighted by molar-refractivity contribution is -0.129. The highest BCUT2D eigenvalue weighted by Gasteiger charge is 2.23. The second-order valence-corrected chi connectivity index (χ2v) is 9.33. The molecule has 4 rings (SSSR count). The maximum atomic E-state index is 12.8. The van der Waals surface area contributed by atoms with E-state index in [1.807, 2.05) is 41.6 Å². The minimum Gasteiger partial charge on any atom is -0.342 e. The maximum Gasteiger partial charge on any atom is 0.233 e. The van der Waals surface area contributed by atoms with Crippen LogP contribution in [-0.2, 0) is 11.3 Å². The second-order valence-electron chi connectivity index (χ2n) is 7.44. The van der Waals surface area contributed by atoms with Crippen LogP contribution in [0.25, 0.3) is 10.7 Å². The molecule has 0 saturated heterocycles. The van der Waals surface area contributed by atoms with Gasteiger partial charge < -0.3 is 4.90 Å². The minimum absolute atomic E-state index is 0.175. The largest absolute Gasteiger partial charge is 0.342 e. The lowest BCUT2D eigenvalue weighted by Crippen LogP contribution is -2.39. The third kappa shape index (κ3) is 4.90. The fraction of sp³-hybridized carbons (Fsp3) is 0.409. The van der Waals surface area contributed by atoms with Crippen molar-refractivity contribution in [2.75, 3.05) is 12.8 Å². The normalized spacial score (nSPS) is 14.8. The van der Waals surface area contributed by atoms with Crippen LogP contribution in [0.3, 0.4) is 0 Å². The number of aromatic nitrogens is 3. The summed E-state index contributed by atoms with van der Waals surface area (Å²) in [5.74, 6) is 1.43. The van der Waals surface area contributed by atoms with Crippen LogP contribution in [0, 0.1) is 0 Å². The predicted octanol–water partition coefficient (Wildman–Crippen LogP) is 4.94. The molecule has 1 amide bonds. The van der Waals surface area contributed by atoms with E-state index in [9.17, 15) is 4.79 Å². The molecule has 1 aromatic carbocycles. The van der Waals surface area contributed by atoms with Gasteiger partial charge in [-0.05, 0) is 29.9 Å². The predicted molar refractivity (Wildman–Crippen MR) is 119 cm³/mol. The molecule has 0 atom stereocenters. The van der Waals surface area contributed by atoms with Gasteiger partial charge in [-0.25, -0.2) is 0 Å². The van der Waals surface area contributed by atoms with E-state index in [2.05, 4.69) is 33.0 Å². The van der Waals surface area contributed by atoms with Crippen molar-refractivity contribution < 1.29 is 4.79 Å². The van der Waals surface area contributed by atoms with Crippen LogP contribution >= 0.6 is 23.1 Å². The molecule has 29 heavy (non-hydrogen) atoms. The number of thiophene rings is 1. The molecule has 3 aromatic rings. The third-order valence-corrected chi connectivity index (χ3v) is 7.30. The Hall–Kier alpha value is -2.12. The Morgan fingerprint density at radius 1 is 1.14 bits per heavy atom. The summed E-state index contributed by atoms with van der Waals surface area (Å²) in [6.45, 7) is 0.691. The third-order valence-electron chi connectivity index (χ3n) is 5.48. The number of hydrogen-bond donors (Lipinski definition) is 0. The first-order valence-corrected chi connectivity index (χ1v) is 12.0. The van der Waals surface area contributed by atoms with E-state index in [-0.39, 0.29) is 5.91 Å². The number of rotatable bonds is 7. The lowest BCUT2D eigenvalue weighted by atomic mass is 9.94. The van der Waals surface area contributed by atoms with Gasteiger partial charge in [0.25, 0.3) is 0 Å². The van der Waals surface area contributed by atoms with Gasteiger partial charge in [0.05, 0.1) is 17.2 Å². The Bertz CT molecular complexity index is 918. The summed E-state index contributed by atoms with van der Waals surface area (Å²) in [7, 11) is 1.95. The zero-order valence-electron chi connectivity index (χ0n) is 16.7. The minimum atomic E-state index is 0.175. The van der Waals surface area contributed by atoms with Gasteiger partial charge in [0.15, 0.2) is 11.0 Å². The molecule has 1 fully saturated rings. The zero-order valence-corrected chi connectivity index (χ0v) is 18.3. The van der Waals surface area contributed by atoms with Crippen molar-refractivity contribution in [2.45, 2.75) is 49.8 Å². The Morgan fingerprint density at radius 2 is 1.93 bits per heavy atom. The van der Waals surface area contributed by atoms with Crippen LogP contribution in [0.5, 0.6) is 0 Å². The summed E-state index contributed by atoms with van der Waals surface area (Å²) < 4.78 is 2.12. The van der Waals surface area contributed by atoms with Gasteiger partial charge in [-0.2, -0.15) is 0 Å². The Morgan fingerprint density at radius 3 is 2.66 bits per heavy atom. The molecular weight excluding hydrogens is 400 g/mol. The zero-order chi connectivity index (χ0) is 20.1. The maximum absolute atomic E-state index is 12.8. The smallest absolute Gasteiger partial charge is 0.233 e. The number of thioether (sulfide) groups is 1. The molecule has 1 aliphatic rings. The van der Waals surface area contributed by atoms with E-state index < -0.39 is 0 Å². The monoisotopic (exact) mass is 426 g/mol. The van der Waals surface area contributed by atoms with E-state index in [1.165, 1.54) is 36.6 Å². The first kappa shape index (κ1) is 20.2. The topological polar surface area (TPSA) is 51.0 Å². The molecule has 0 radical (unpaired) electrons. The highest BCUT2D eigenvalue weighted by atomic mass is 32.2. The second kappa shape index (κ2) is 9.59. The summed E-state index contributed by atoms with van der Waals surface area (Å²) in [5, 5.41) is 11.7. The molecule has 1 saturated carbocycles. The number of nitrogens with zero attached hydrogens (tertiary/aromatic N) is 4. The van der Waals surface area contributed by atoms with E-state index in [4.69, 9.17) is 0 Å². The van der Waals surface area contributed by atoms with Gasteiger partial charge in [0, 0.05) is 13.1 Å². The first-order chi connectivity index (χ1) is 14.2. The molecule has 5 nitrogen and oxygen atoms in total. The van der Waals surface area contributed by atoms with E-state index >= 15 is 0 Å². The summed E-state index contributed by atoms with van der Waals surface area (Å²) in [5.41, 5.74) is 1.19. The van der Waals surface area contributed by atoms with Crippen LogP contribution in [0.15, 0.2) is 53.0 Å². The molecule has 0 N–H and O–H groups in total. The van der Waals surface area contributed by atoms with Crippen LogP contribution in [0.4, 0.5) is 0 Å². The number of amides is 1. The SMILES string of the molecule is CN(C(=O)CSc1nnc(-c2cccs2)n1Cc1ccccc1)C1CCCCC1. The highest BCUT2D eigenvalue weighted by Crippen LogP contribution is 2.29. The van der Waals surface area contributed by atoms with Crippen molar-refractivity contribution in [2.24, 2.45) is 0 Å². The van der Waals surface area contributed by atoms with E-state index in [1.54, 1.807) is 11.3 Å². The number of carbonyl (C=O) groups excluding carboxylic acids is 1. The average molecular weight is 427 g/mol. The van der Waals surface area contributed by atoms with Gasteiger partial charge in [0.2, 0.25) is 5.91 Å². The fourth-order valence-electron chi connectivity index (χ4n) is 3.79. The molecule has 1 aliphatic carbocycles. The first-order valence-electron chi connectivity index (χ1n) is 10.1. The molecule has 0 bridgehead atoms.